The minimum absolute atomic E-state index is 0.0292. The van der Waals surface area contributed by atoms with Gasteiger partial charge in [0, 0.05) is 55.1 Å². The van der Waals surface area contributed by atoms with Gasteiger partial charge in [0.2, 0.25) is 0 Å². The van der Waals surface area contributed by atoms with Crippen LogP contribution in [0, 0.1) is 0 Å². The molecule has 3 heterocycles. The highest BCUT2D eigenvalue weighted by molar-refractivity contribution is 7.82. The predicted octanol–water partition coefficient (Wildman–Crippen LogP) is 2.49. The Kier molecular flexibility index (Phi) is 6.01. The number of hydrogen-bond acceptors (Lipinski definition) is 5. The van der Waals surface area contributed by atoms with E-state index < -0.39 is 11.0 Å². The Labute approximate surface area is 158 Å². The van der Waals surface area contributed by atoms with Crippen LogP contribution < -0.4 is 10.6 Å². The lowest BCUT2D eigenvalue weighted by Crippen LogP contribution is -2.35. The first-order valence-electron chi connectivity index (χ1n) is 9.05. The summed E-state index contributed by atoms with van der Waals surface area (Å²) in [6, 6.07) is 4.35. The fourth-order valence-corrected chi connectivity index (χ4v) is 4.19. The minimum atomic E-state index is -0.985. The summed E-state index contributed by atoms with van der Waals surface area (Å²) in [5.74, 6) is 1.61. The number of aromatic nitrogens is 2. The Hall–Kier alpha value is -1.83. The summed E-state index contributed by atoms with van der Waals surface area (Å²) < 4.78 is 14.0. The number of fused-ring (bicyclic) bond motifs is 1. The summed E-state index contributed by atoms with van der Waals surface area (Å²) >= 11 is 0. The smallest absolute Gasteiger partial charge is 0.132 e. The second-order valence-corrected chi connectivity index (χ2v) is 8.39. The second kappa shape index (κ2) is 8.24. The van der Waals surface area contributed by atoms with E-state index in [1.165, 1.54) is 5.56 Å². The number of aryl methyl sites for hydroxylation is 1. The highest BCUT2D eigenvalue weighted by Crippen LogP contribution is 2.30. The van der Waals surface area contributed by atoms with Crippen molar-refractivity contribution < 1.29 is 4.21 Å². The van der Waals surface area contributed by atoms with Gasteiger partial charge in [0.1, 0.15) is 5.82 Å². The molecular weight excluding hydrogens is 346 g/mol. The molecule has 2 aromatic heterocycles. The summed E-state index contributed by atoms with van der Waals surface area (Å²) in [4.78, 5) is 11.2. The van der Waals surface area contributed by atoms with Crippen molar-refractivity contribution in [3.05, 3.63) is 41.9 Å². The number of nitrogens with two attached hydrogens (primary N) is 1. The molecule has 0 amide bonds. The lowest BCUT2D eigenvalue weighted by molar-refractivity contribution is 0.429. The van der Waals surface area contributed by atoms with Crippen LogP contribution >= 0.6 is 0 Å². The lowest BCUT2D eigenvalue weighted by Gasteiger charge is -2.29. The van der Waals surface area contributed by atoms with Crippen molar-refractivity contribution in [2.75, 3.05) is 30.9 Å². The molecule has 0 aromatic carbocycles. The molecule has 0 aliphatic carbocycles. The number of anilines is 1. The van der Waals surface area contributed by atoms with E-state index in [0.717, 1.165) is 41.9 Å². The van der Waals surface area contributed by atoms with Crippen molar-refractivity contribution in [2.45, 2.75) is 32.7 Å². The molecule has 2 N–H and O–H groups in total. The second-order valence-electron chi connectivity index (χ2n) is 6.60. The van der Waals surface area contributed by atoms with Gasteiger partial charge < -0.3 is 10.6 Å². The molecule has 1 aliphatic rings. The van der Waals surface area contributed by atoms with Crippen molar-refractivity contribution in [2.24, 2.45) is 5.73 Å². The van der Waals surface area contributed by atoms with Gasteiger partial charge in [0.15, 0.2) is 0 Å². The first-order valence-corrected chi connectivity index (χ1v) is 10.3. The predicted molar refractivity (Wildman–Crippen MR) is 107 cm³/mol. The lowest BCUT2D eigenvalue weighted by atomic mass is 10.00. The van der Waals surface area contributed by atoms with E-state index in [4.69, 9.17) is 5.73 Å². The molecular formula is C19H27N5OS. The Bertz CT molecular complexity index is 797. The fraction of sp³-hybridized carbons (Fsp3) is 0.474. The minimum Gasteiger partial charge on any atom is -0.344 e. The molecule has 0 fully saturated rings. The molecule has 7 heteroatoms. The fourth-order valence-electron chi connectivity index (χ4n) is 3.31. The molecule has 6 nitrogen and oxygen atoms in total. The zero-order valence-electron chi connectivity index (χ0n) is 15.7. The standard InChI is InChI=1S/C19H27N5OS/c1-4-26(25)23(3)14(2)16-9-17(11-21-10-16)18-8-15-6-5-7-24(13-20)19(15)22-12-18/h8-12,14H,4-7,13,20H2,1-3H3/t14-,26?/m0/s1. The first-order chi connectivity index (χ1) is 12.5. The highest BCUT2D eigenvalue weighted by atomic mass is 32.2. The summed E-state index contributed by atoms with van der Waals surface area (Å²) in [5.41, 5.74) is 10.2. The van der Waals surface area contributed by atoms with E-state index in [1.807, 2.05) is 36.9 Å². The van der Waals surface area contributed by atoms with Gasteiger partial charge in [0.25, 0.3) is 0 Å². The summed E-state index contributed by atoms with van der Waals surface area (Å²) in [5, 5.41) is 0. The van der Waals surface area contributed by atoms with Crippen LogP contribution in [0.5, 0.6) is 0 Å². The van der Waals surface area contributed by atoms with E-state index in [9.17, 15) is 4.21 Å². The van der Waals surface area contributed by atoms with Crippen LogP contribution in [0.15, 0.2) is 30.7 Å². The molecule has 3 rings (SSSR count). The third-order valence-electron chi connectivity index (χ3n) is 5.03. The molecule has 0 radical (unpaired) electrons. The molecule has 1 unspecified atom stereocenters. The van der Waals surface area contributed by atoms with Crippen molar-refractivity contribution in [3.8, 4) is 11.1 Å². The van der Waals surface area contributed by atoms with Gasteiger partial charge in [-0.15, -0.1) is 0 Å². The number of pyridine rings is 2. The number of nitrogens with zero attached hydrogens (tertiary/aromatic N) is 4. The number of hydrogen-bond donors (Lipinski definition) is 1. The summed E-state index contributed by atoms with van der Waals surface area (Å²) in [6.45, 7) is 5.44. The molecule has 26 heavy (non-hydrogen) atoms. The zero-order valence-corrected chi connectivity index (χ0v) is 16.5. The van der Waals surface area contributed by atoms with Gasteiger partial charge in [-0.2, -0.15) is 0 Å². The van der Waals surface area contributed by atoms with Crippen LogP contribution in [0.2, 0.25) is 0 Å². The maximum atomic E-state index is 12.1. The topological polar surface area (TPSA) is 75.4 Å². The van der Waals surface area contributed by atoms with Gasteiger partial charge in [-0.25, -0.2) is 13.5 Å². The third kappa shape index (κ3) is 3.79. The van der Waals surface area contributed by atoms with Crippen LogP contribution in [0.4, 0.5) is 5.82 Å². The van der Waals surface area contributed by atoms with Gasteiger partial charge in [-0.05, 0) is 43.0 Å². The van der Waals surface area contributed by atoms with Gasteiger partial charge >= 0.3 is 0 Å². The Morgan fingerprint density at radius 2 is 2.08 bits per heavy atom. The molecule has 2 aromatic rings. The van der Waals surface area contributed by atoms with Crippen molar-refractivity contribution in [3.63, 3.8) is 0 Å². The van der Waals surface area contributed by atoms with Gasteiger partial charge in [-0.3, -0.25) is 4.98 Å². The van der Waals surface area contributed by atoms with E-state index in [2.05, 4.69) is 33.9 Å². The molecule has 0 saturated carbocycles. The van der Waals surface area contributed by atoms with Gasteiger partial charge in [-0.1, -0.05) is 6.92 Å². The quantitative estimate of drug-likeness (QED) is 0.842. The Morgan fingerprint density at radius 1 is 1.31 bits per heavy atom. The van der Waals surface area contributed by atoms with Crippen LogP contribution in [0.1, 0.15) is 37.4 Å². The Morgan fingerprint density at radius 3 is 2.81 bits per heavy atom. The van der Waals surface area contributed by atoms with E-state index in [-0.39, 0.29) is 6.04 Å². The average Bonchev–Trinajstić information content (AvgIpc) is 2.71. The Balaban J connectivity index is 1.90. The van der Waals surface area contributed by atoms with Crippen molar-refractivity contribution >= 4 is 16.8 Å². The van der Waals surface area contributed by atoms with Crippen molar-refractivity contribution in [1.82, 2.24) is 14.3 Å². The van der Waals surface area contributed by atoms with E-state index in [0.29, 0.717) is 12.4 Å². The highest BCUT2D eigenvalue weighted by Gasteiger charge is 2.19. The van der Waals surface area contributed by atoms with E-state index in [1.54, 1.807) is 0 Å². The molecule has 1 aliphatic heterocycles. The van der Waals surface area contributed by atoms with E-state index >= 15 is 0 Å². The monoisotopic (exact) mass is 373 g/mol. The van der Waals surface area contributed by atoms with Crippen LogP contribution in [0.25, 0.3) is 11.1 Å². The van der Waals surface area contributed by atoms with Crippen LogP contribution in [-0.4, -0.2) is 44.5 Å². The SMILES string of the molecule is CCS(=O)N(C)[C@@H](C)c1cncc(-c2cnc3c(c2)CCCN3CN)c1. The van der Waals surface area contributed by atoms with Crippen LogP contribution in [-0.2, 0) is 17.4 Å². The van der Waals surface area contributed by atoms with Crippen LogP contribution in [0.3, 0.4) is 0 Å². The third-order valence-corrected chi connectivity index (χ3v) is 6.48. The van der Waals surface area contributed by atoms with Gasteiger partial charge in [0.05, 0.1) is 17.7 Å². The maximum Gasteiger partial charge on any atom is 0.132 e. The summed E-state index contributed by atoms with van der Waals surface area (Å²) in [6.07, 6.45) is 7.72. The average molecular weight is 374 g/mol. The maximum absolute atomic E-state index is 12.1. The molecule has 140 valence electrons. The molecule has 0 saturated heterocycles. The molecule has 0 spiro atoms. The van der Waals surface area contributed by atoms with Crippen molar-refractivity contribution in [1.29, 1.82) is 0 Å². The molecule has 2 atom stereocenters. The normalized spacial score (nSPS) is 16.4. The first kappa shape index (κ1) is 18.9. The zero-order chi connectivity index (χ0) is 18.7. The largest absolute Gasteiger partial charge is 0.344 e. The molecule has 0 bridgehead atoms. The summed E-state index contributed by atoms with van der Waals surface area (Å²) in [7, 11) is 0.903. The number of rotatable bonds is 6.